The molecule has 0 aromatic heterocycles. The summed E-state index contributed by atoms with van der Waals surface area (Å²) in [6, 6.07) is -0.772. The van der Waals surface area contributed by atoms with Crippen LogP contribution < -0.4 is 5.32 Å². The highest BCUT2D eigenvalue weighted by molar-refractivity contribution is 5.76. The molecule has 3 atom stereocenters. The van der Waals surface area contributed by atoms with Crippen LogP contribution >= 0.6 is 0 Å². The number of aliphatic hydroxyl groups is 3. The van der Waals surface area contributed by atoms with Crippen LogP contribution in [0.4, 0.5) is 0 Å². The van der Waals surface area contributed by atoms with Crippen LogP contribution in [0.25, 0.3) is 0 Å². The second-order valence-corrected chi connectivity index (χ2v) is 15.6. The molecular formula is C49H89NO4. The van der Waals surface area contributed by atoms with Gasteiger partial charge in [0.25, 0.3) is 0 Å². The standard InChI is InChI=1S/C49H89NO4/c1-3-5-7-9-11-13-15-17-19-21-22-23-24-25-26-27-28-30-32-34-36-38-40-42-46(52)44-49(54)50-47(45-51)48(53)43-41-39-37-35-33-31-29-20-18-16-14-12-10-8-6-4-2/h18,20,22-23,25-26,33,35,41,43,46-48,51-53H,3-17,19,21,24,27-32,34,36-40,42,44-45H2,1-2H3,(H,50,54)/b20-18+,23-22-,26-25-,35-33+,43-41+. The minimum absolute atomic E-state index is 0.00537. The van der Waals surface area contributed by atoms with E-state index in [2.05, 4.69) is 67.8 Å². The fourth-order valence-corrected chi connectivity index (χ4v) is 6.69. The first-order valence-electron chi connectivity index (χ1n) is 23.1. The molecule has 5 nitrogen and oxygen atoms in total. The monoisotopic (exact) mass is 756 g/mol. The fourth-order valence-electron chi connectivity index (χ4n) is 6.69. The van der Waals surface area contributed by atoms with Crippen molar-refractivity contribution in [3.63, 3.8) is 0 Å². The zero-order valence-electron chi connectivity index (χ0n) is 35.6. The van der Waals surface area contributed by atoms with E-state index in [1.807, 2.05) is 6.08 Å². The quantitative estimate of drug-likeness (QED) is 0.0369. The average molecular weight is 756 g/mol. The number of carbonyl (C=O) groups excluding carboxylic acids is 1. The Bertz CT molecular complexity index is 923. The molecular weight excluding hydrogens is 667 g/mol. The molecule has 54 heavy (non-hydrogen) atoms. The van der Waals surface area contributed by atoms with E-state index < -0.39 is 18.2 Å². The van der Waals surface area contributed by atoms with Crippen molar-refractivity contribution in [3.05, 3.63) is 60.8 Å². The van der Waals surface area contributed by atoms with Gasteiger partial charge in [-0.2, -0.15) is 0 Å². The lowest BCUT2D eigenvalue weighted by molar-refractivity contribution is -0.124. The summed E-state index contributed by atoms with van der Waals surface area (Å²) in [6.07, 6.45) is 57.9. The van der Waals surface area contributed by atoms with Gasteiger partial charge in [0, 0.05) is 0 Å². The number of hydrogen-bond acceptors (Lipinski definition) is 4. The van der Waals surface area contributed by atoms with Gasteiger partial charge >= 0.3 is 0 Å². The number of hydrogen-bond donors (Lipinski definition) is 4. The average Bonchev–Trinajstić information content (AvgIpc) is 3.16. The number of aliphatic hydroxyl groups excluding tert-OH is 3. The van der Waals surface area contributed by atoms with E-state index in [4.69, 9.17) is 0 Å². The van der Waals surface area contributed by atoms with Crippen LogP contribution in [0.15, 0.2) is 60.8 Å². The molecule has 0 spiro atoms. The van der Waals surface area contributed by atoms with Crippen molar-refractivity contribution in [2.24, 2.45) is 0 Å². The Morgan fingerprint density at radius 2 is 0.852 bits per heavy atom. The number of allylic oxidation sites excluding steroid dienone is 9. The Kier molecular flexibility index (Phi) is 42.2. The lowest BCUT2D eigenvalue weighted by Crippen LogP contribution is -2.45. The van der Waals surface area contributed by atoms with Crippen LogP contribution in [-0.4, -0.2) is 46.1 Å². The molecule has 0 saturated heterocycles. The van der Waals surface area contributed by atoms with Gasteiger partial charge < -0.3 is 20.6 Å². The molecule has 0 aliphatic carbocycles. The van der Waals surface area contributed by atoms with Crippen molar-refractivity contribution in [1.82, 2.24) is 5.32 Å². The van der Waals surface area contributed by atoms with Crippen LogP contribution in [0, 0.1) is 0 Å². The predicted octanol–water partition coefficient (Wildman–Crippen LogP) is 13.5. The van der Waals surface area contributed by atoms with Crippen LogP contribution in [0.5, 0.6) is 0 Å². The van der Waals surface area contributed by atoms with Crippen molar-refractivity contribution < 1.29 is 20.1 Å². The van der Waals surface area contributed by atoms with Gasteiger partial charge in [0.2, 0.25) is 5.91 Å². The van der Waals surface area contributed by atoms with Gasteiger partial charge in [-0.05, 0) is 77.0 Å². The molecule has 0 aliphatic rings. The maximum absolute atomic E-state index is 12.4. The van der Waals surface area contributed by atoms with Crippen molar-refractivity contribution in [3.8, 4) is 0 Å². The predicted molar refractivity (Wildman–Crippen MR) is 236 cm³/mol. The number of carbonyl (C=O) groups is 1. The van der Waals surface area contributed by atoms with Crippen LogP contribution in [0.2, 0.25) is 0 Å². The maximum Gasteiger partial charge on any atom is 0.222 e. The first kappa shape index (κ1) is 52.0. The topological polar surface area (TPSA) is 89.8 Å². The highest BCUT2D eigenvalue weighted by atomic mass is 16.3. The van der Waals surface area contributed by atoms with Crippen molar-refractivity contribution in [2.75, 3.05) is 6.61 Å². The lowest BCUT2D eigenvalue weighted by Gasteiger charge is -2.21. The Morgan fingerprint density at radius 3 is 1.30 bits per heavy atom. The first-order valence-corrected chi connectivity index (χ1v) is 23.1. The molecule has 0 aliphatic heterocycles. The highest BCUT2D eigenvalue weighted by Crippen LogP contribution is 2.14. The molecule has 0 aromatic rings. The normalized spacial score (nSPS) is 14.1. The van der Waals surface area contributed by atoms with E-state index in [1.165, 1.54) is 141 Å². The molecule has 314 valence electrons. The summed E-state index contributed by atoms with van der Waals surface area (Å²) in [5.74, 6) is -0.336. The van der Waals surface area contributed by atoms with Crippen LogP contribution in [-0.2, 0) is 4.79 Å². The molecule has 0 fully saturated rings. The summed E-state index contributed by atoms with van der Waals surface area (Å²) in [5, 5.41) is 33.2. The summed E-state index contributed by atoms with van der Waals surface area (Å²) >= 11 is 0. The summed E-state index contributed by atoms with van der Waals surface area (Å²) in [4.78, 5) is 12.4. The van der Waals surface area contributed by atoms with Crippen molar-refractivity contribution >= 4 is 5.91 Å². The number of unbranched alkanes of at least 4 members (excludes halogenated alkanes) is 24. The largest absolute Gasteiger partial charge is 0.394 e. The highest BCUT2D eigenvalue weighted by Gasteiger charge is 2.20. The van der Waals surface area contributed by atoms with E-state index in [0.29, 0.717) is 6.42 Å². The van der Waals surface area contributed by atoms with Gasteiger partial charge in [-0.1, -0.05) is 197 Å². The van der Waals surface area contributed by atoms with Crippen LogP contribution in [0.1, 0.15) is 219 Å². The number of amides is 1. The third kappa shape index (κ3) is 39.7. The first-order chi connectivity index (χ1) is 26.5. The minimum atomic E-state index is -0.964. The summed E-state index contributed by atoms with van der Waals surface area (Å²) in [7, 11) is 0. The molecule has 0 rings (SSSR count). The SMILES string of the molecule is CCCCCCCC/C=C/CC/C=C/CC/C=C/C(O)C(CO)NC(=O)CC(O)CCCCCCCCC/C=C\C/C=C\CCCCCCCCCCC. The third-order valence-electron chi connectivity index (χ3n) is 10.3. The van der Waals surface area contributed by atoms with Gasteiger partial charge in [-0.25, -0.2) is 0 Å². The van der Waals surface area contributed by atoms with Crippen LogP contribution in [0.3, 0.4) is 0 Å². The molecule has 1 amide bonds. The Morgan fingerprint density at radius 1 is 0.481 bits per heavy atom. The smallest absolute Gasteiger partial charge is 0.222 e. The Hall–Kier alpha value is -1.95. The van der Waals surface area contributed by atoms with Gasteiger partial charge in [0.1, 0.15) is 0 Å². The van der Waals surface area contributed by atoms with E-state index >= 15 is 0 Å². The summed E-state index contributed by atoms with van der Waals surface area (Å²) < 4.78 is 0. The molecule has 0 saturated carbocycles. The number of rotatable bonds is 41. The Labute approximate surface area is 335 Å². The van der Waals surface area contributed by atoms with Gasteiger partial charge in [0.05, 0.1) is 31.3 Å². The molecule has 0 aromatic carbocycles. The van der Waals surface area contributed by atoms with Gasteiger partial charge in [-0.3, -0.25) is 4.79 Å². The Balaban J connectivity index is 3.73. The number of nitrogens with one attached hydrogen (secondary N) is 1. The fraction of sp³-hybridized carbons (Fsp3) is 0.776. The minimum Gasteiger partial charge on any atom is -0.394 e. The second-order valence-electron chi connectivity index (χ2n) is 15.6. The zero-order valence-corrected chi connectivity index (χ0v) is 35.6. The lowest BCUT2D eigenvalue weighted by atomic mass is 10.0. The molecule has 3 unspecified atom stereocenters. The van der Waals surface area contributed by atoms with Crippen molar-refractivity contribution in [1.29, 1.82) is 0 Å². The van der Waals surface area contributed by atoms with E-state index in [0.717, 1.165) is 51.4 Å². The summed E-state index contributed by atoms with van der Waals surface area (Å²) in [5.41, 5.74) is 0. The molecule has 4 N–H and O–H groups in total. The second kappa shape index (κ2) is 43.8. The van der Waals surface area contributed by atoms with E-state index in [1.54, 1.807) is 6.08 Å². The maximum atomic E-state index is 12.4. The molecule has 0 heterocycles. The van der Waals surface area contributed by atoms with Gasteiger partial charge in [-0.15, -0.1) is 0 Å². The zero-order chi connectivity index (χ0) is 39.4. The van der Waals surface area contributed by atoms with E-state index in [-0.39, 0.29) is 18.9 Å². The van der Waals surface area contributed by atoms with Gasteiger partial charge in [0.15, 0.2) is 0 Å². The van der Waals surface area contributed by atoms with E-state index in [9.17, 15) is 20.1 Å². The third-order valence-corrected chi connectivity index (χ3v) is 10.3. The molecule has 0 bridgehead atoms. The van der Waals surface area contributed by atoms with Crippen molar-refractivity contribution in [2.45, 2.75) is 238 Å². The molecule has 0 radical (unpaired) electrons. The summed E-state index contributed by atoms with van der Waals surface area (Å²) in [6.45, 7) is 4.18. The molecule has 5 heteroatoms.